The molecule has 0 spiro atoms. The summed E-state index contributed by atoms with van der Waals surface area (Å²) in [6.45, 7) is 1.96. The van der Waals surface area contributed by atoms with E-state index in [2.05, 4.69) is 15.5 Å². The summed E-state index contributed by atoms with van der Waals surface area (Å²) in [6.07, 6.45) is 1.83. The van der Waals surface area contributed by atoms with Crippen molar-refractivity contribution >= 4 is 33.3 Å². The first-order chi connectivity index (χ1) is 14.2. The lowest BCUT2D eigenvalue weighted by Crippen LogP contribution is -2.11. The SMILES string of the molecule is Cc1nn(-c2ccccc2)c2sc(C(=O)Nc3ccn(-c4ccccc4)n3)cc12. The van der Waals surface area contributed by atoms with Crippen LogP contribution in [0.2, 0.25) is 0 Å². The largest absolute Gasteiger partial charge is 0.304 e. The van der Waals surface area contributed by atoms with Gasteiger partial charge in [0.05, 0.1) is 21.9 Å². The molecule has 2 aromatic carbocycles. The van der Waals surface area contributed by atoms with Crippen LogP contribution in [0.15, 0.2) is 79.0 Å². The van der Waals surface area contributed by atoms with Crippen molar-refractivity contribution in [1.82, 2.24) is 19.6 Å². The molecule has 0 bridgehead atoms. The highest BCUT2D eigenvalue weighted by molar-refractivity contribution is 7.20. The van der Waals surface area contributed by atoms with Crippen molar-refractivity contribution in [2.75, 3.05) is 5.32 Å². The van der Waals surface area contributed by atoms with Crippen molar-refractivity contribution in [1.29, 1.82) is 0 Å². The molecule has 1 amide bonds. The lowest BCUT2D eigenvalue weighted by Gasteiger charge is -2.02. The first kappa shape index (κ1) is 17.4. The van der Waals surface area contributed by atoms with Gasteiger partial charge in [-0.1, -0.05) is 36.4 Å². The molecule has 6 nitrogen and oxygen atoms in total. The van der Waals surface area contributed by atoms with Crippen molar-refractivity contribution in [3.8, 4) is 11.4 Å². The number of rotatable bonds is 4. The van der Waals surface area contributed by atoms with Gasteiger partial charge >= 0.3 is 0 Å². The van der Waals surface area contributed by atoms with Crippen molar-refractivity contribution in [3.05, 3.63) is 89.6 Å². The van der Waals surface area contributed by atoms with E-state index in [-0.39, 0.29) is 5.91 Å². The fraction of sp³-hybridized carbons (Fsp3) is 0.0455. The zero-order valence-corrected chi connectivity index (χ0v) is 16.4. The van der Waals surface area contributed by atoms with Gasteiger partial charge in [0.25, 0.3) is 5.91 Å². The summed E-state index contributed by atoms with van der Waals surface area (Å²) in [5.74, 6) is 0.334. The molecule has 5 rings (SSSR count). The molecule has 0 atom stereocenters. The standard InChI is InChI=1S/C22H17N5OS/c1-15-18-14-19(29-22(18)27(24-15)17-10-6-3-7-11-17)21(28)23-20-12-13-26(25-20)16-8-4-2-5-9-16/h2-14H,1H3,(H,23,25,28). The van der Waals surface area contributed by atoms with Gasteiger partial charge in [-0.25, -0.2) is 9.36 Å². The van der Waals surface area contributed by atoms with Gasteiger partial charge in [-0.15, -0.1) is 11.3 Å². The summed E-state index contributed by atoms with van der Waals surface area (Å²) in [5, 5.41) is 12.9. The van der Waals surface area contributed by atoms with E-state index in [1.165, 1.54) is 11.3 Å². The van der Waals surface area contributed by atoms with Crippen LogP contribution in [0, 0.1) is 6.92 Å². The quantitative estimate of drug-likeness (QED) is 0.471. The van der Waals surface area contributed by atoms with Crippen LogP contribution in [0.1, 0.15) is 15.4 Å². The Hall–Kier alpha value is -3.71. The lowest BCUT2D eigenvalue weighted by molar-refractivity contribution is 0.103. The smallest absolute Gasteiger partial charge is 0.267 e. The van der Waals surface area contributed by atoms with E-state index >= 15 is 0 Å². The van der Waals surface area contributed by atoms with Crippen LogP contribution in [0.4, 0.5) is 5.82 Å². The maximum Gasteiger partial charge on any atom is 0.267 e. The third-order valence-corrected chi connectivity index (χ3v) is 5.73. The highest BCUT2D eigenvalue weighted by Crippen LogP contribution is 2.30. The van der Waals surface area contributed by atoms with Gasteiger partial charge in [-0.05, 0) is 37.3 Å². The number of nitrogens with one attached hydrogen (secondary N) is 1. The Morgan fingerprint density at radius 2 is 1.62 bits per heavy atom. The predicted molar refractivity (Wildman–Crippen MR) is 115 cm³/mol. The Labute approximate surface area is 171 Å². The van der Waals surface area contributed by atoms with Gasteiger partial charge in [0, 0.05) is 17.6 Å². The lowest BCUT2D eigenvalue weighted by atomic mass is 10.3. The third kappa shape index (κ3) is 3.21. The van der Waals surface area contributed by atoms with E-state index in [4.69, 9.17) is 0 Å². The first-order valence-corrected chi connectivity index (χ1v) is 9.98. The molecule has 0 saturated carbocycles. The van der Waals surface area contributed by atoms with Crippen LogP contribution in [0.3, 0.4) is 0 Å². The third-order valence-electron chi connectivity index (χ3n) is 4.62. The van der Waals surface area contributed by atoms with E-state index in [1.54, 1.807) is 10.7 Å². The molecule has 5 aromatic rings. The molecule has 3 aromatic heterocycles. The van der Waals surface area contributed by atoms with Crippen LogP contribution in [-0.2, 0) is 0 Å². The minimum Gasteiger partial charge on any atom is -0.304 e. The predicted octanol–water partition coefficient (Wildman–Crippen LogP) is 4.83. The van der Waals surface area contributed by atoms with Crippen molar-refractivity contribution in [2.45, 2.75) is 6.92 Å². The molecule has 1 N–H and O–H groups in total. The van der Waals surface area contributed by atoms with Crippen molar-refractivity contribution in [3.63, 3.8) is 0 Å². The first-order valence-electron chi connectivity index (χ1n) is 9.16. The number of para-hydroxylation sites is 2. The Kier molecular flexibility index (Phi) is 4.22. The highest BCUT2D eigenvalue weighted by atomic mass is 32.1. The molecule has 0 aliphatic carbocycles. The molecule has 0 aliphatic rings. The second-order valence-electron chi connectivity index (χ2n) is 6.60. The number of benzene rings is 2. The topological polar surface area (TPSA) is 64.7 Å². The van der Waals surface area contributed by atoms with Crippen molar-refractivity contribution < 1.29 is 4.79 Å². The zero-order chi connectivity index (χ0) is 19.8. The van der Waals surface area contributed by atoms with E-state index in [1.807, 2.05) is 84.5 Å². The summed E-state index contributed by atoms with van der Waals surface area (Å²) in [7, 11) is 0. The van der Waals surface area contributed by atoms with E-state index in [0.29, 0.717) is 10.7 Å². The molecule has 142 valence electrons. The molecule has 7 heteroatoms. The van der Waals surface area contributed by atoms with E-state index < -0.39 is 0 Å². The number of hydrogen-bond acceptors (Lipinski definition) is 4. The minimum atomic E-state index is -0.177. The molecule has 29 heavy (non-hydrogen) atoms. The maximum absolute atomic E-state index is 12.8. The van der Waals surface area contributed by atoms with Gasteiger partial charge in [0.2, 0.25) is 0 Å². The fourth-order valence-corrected chi connectivity index (χ4v) is 4.27. The number of nitrogens with zero attached hydrogens (tertiary/aromatic N) is 4. The summed E-state index contributed by atoms with van der Waals surface area (Å²) < 4.78 is 3.62. The fourth-order valence-electron chi connectivity index (χ4n) is 3.20. The highest BCUT2D eigenvalue weighted by Gasteiger charge is 2.18. The van der Waals surface area contributed by atoms with Gasteiger partial charge < -0.3 is 5.32 Å². The number of fused-ring (bicyclic) bond motifs is 1. The molecule has 0 saturated heterocycles. The van der Waals surface area contributed by atoms with Gasteiger partial charge in [0.15, 0.2) is 5.82 Å². The number of aromatic nitrogens is 4. The van der Waals surface area contributed by atoms with Crippen LogP contribution in [0.5, 0.6) is 0 Å². The molecule has 0 radical (unpaired) electrons. The number of thiophene rings is 1. The Bertz CT molecular complexity index is 1300. The van der Waals surface area contributed by atoms with Crippen LogP contribution < -0.4 is 5.32 Å². The maximum atomic E-state index is 12.8. The Balaban J connectivity index is 1.43. The number of amides is 1. The normalized spacial score (nSPS) is 11.1. The van der Waals surface area contributed by atoms with Gasteiger partial charge in [-0.3, -0.25) is 4.79 Å². The zero-order valence-electron chi connectivity index (χ0n) is 15.6. The average Bonchev–Trinajstić information content (AvgIpc) is 3.46. The van der Waals surface area contributed by atoms with E-state index in [9.17, 15) is 4.79 Å². The summed E-state index contributed by atoms with van der Waals surface area (Å²) in [4.78, 5) is 14.4. The number of hydrogen-bond donors (Lipinski definition) is 1. The molecule has 3 heterocycles. The van der Waals surface area contributed by atoms with Crippen LogP contribution >= 0.6 is 11.3 Å². The van der Waals surface area contributed by atoms with Crippen LogP contribution in [-0.4, -0.2) is 25.5 Å². The monoisotopic (exact) mass is 399 g/mol. The minimum absolute atomic E-state index is 0.177. The average molecular weight is 399 g/mol. The summed E-state index contributed by atoms with van der Waals surface area (Å²) in [6, 6.07) is 23.4. The Morgan fingerprint density at radius 3 is 2.34 bits per heavy atom. The summed E-state index contributed by atoms with van der Waals surface area (Å²) >= 11 is 1.42. The molecular weight excluding hydrogens is 382 g/mol. The Morgan fingerprint density at radius 1 is 0.931 bits per heavy atom. The van der Waals surface area contributed by atoms with Crippen LogP contribution in [0.25, 0.3) is 21.6 Å². The molecular formula is C22H17N5OS. The second-order valence-corrected chi connectivity index (χ2v) is 7.63. The number of carbonyl (C=O) groups is 1. The summed E-state index contributed by atoms with van der Waals surface area (Å²) in [5.41, 5.74) is 2.81. The number of anilines is 1. The second kappa shape index (κ2) is 7.03. The van der Waals surface area contributed by atoms with Crippen molar-refractivity contribution in [2.24, 2.45) is 0 Å². The number of aryl methyl sites for hydroxylation is 1. The molecule has 0 fully saturated rings. The number of carbonyl (C=O) groups excluding carboxylic acids is 1. The molecule has 0 aliphatic heterocycles. The van der Waals surface area contributed by atoms with E-state index in [0.717, 1.165) is 27.3 Å². The molecule has 0 unspecified atom stereocenters. The van der Waals surface area contributed by atoms with Gasteiger partial charge in [-0.2, -0.15) is 10.2 Å². The van der Waals surface area contributed by atoms with Gasteiger partial charge in [0.1, 0.15) is 4.83 Å².